The molecule has 0 aliphatic carbocycles. The van der Waals surface area contributed by atoms with Crippen LogP contribution in [0, 0.1) is 6.92 Å². The first-order valence-electron chi connectivity index (χ1n) is 12.3. The van der Waals surface area contributed by atoms with Crippen LogP contribution in [0.3, 0.4) is 0 Å². The van der Waals surface area contributed by atoms with E-state index in [4.69, 9.17) is 9.84 Å². The van der Waals surface area contributed by atoms with Crippen LogP contribution in [0.2, 0.25) is 0 Å². The molecule has 0 spiro atoms. The Balaban J connectivity index is 1.81. The highest BCUT2D eigenvalue weighted by atomic mass is 16.5. The molecule has 0 bridgehead atoms. The zero-order valence-electron chi connectivity index (χ0n) is 22.1. The van der Waals surface area contributed by atoms with Crippen molar-refractivity contribution in [1.29, 1.82) is 0 Å². The summed E-state index contributed by atoms with van der Waals surface area (Å²) in [5, 5.41) is 10.2. The predicted molar refractivity (Wildman–Crippen MR) is 143 cm³/mol. The van der Waals surface area contributed by atoms with Crippen molar-refractivity contribution in [1.82, 2.24) is 20.0 Å². The average molecular weight is 506 g/mol. The highest BCUT2D eigenvalue weighted by molar-refractivity contribution is 5.94. The van der Waals surface area contributed by atoms with Gasteiger partial charge in [-0.2, -0.15) is 5.10 Å². The van der Waals surface area contributed by atoms with E-state index < -0.39 is 17.9 Å². The largest absolute Gasteiger partial charge is 0.465 e. The Morgan fingerprint density at radius 1 is 1.03 bits per heavy atom. The Bertz CT molecular complexity index is 1210. The van der Waals surface area contributed by atoms with Gasteiger partial charge in [0.15, 0.2) is 0 Å². The maximum absolute atomic E-state index is 13.2. The van der Waals surface area contributed by atoms with Crippen LogP contribution < -0.4 is 10.6 Å². The topological polar surface area (TPSA) is 106 Å². The number of hydrogen-bond acceptors (Lipinski definition) is 5. The summed E-state index contributed by atoms with van der Waals surface area (Å²) in [6, 6.07) is 18.5. The summed E-state index contributed by atoms with van der Waals surface area (Å²) in [6.45, 7) is 9.75. The Labute approximate surface area is 217 Å². The lowest BCUT2D eigenvalue weighted by Gasteiger charge is -2.22. The lowest BCUT2D eigenvalue weighted by Crippen LogP contribution is -2.45. The van der Waals surface area contributed by atoms with Crippen molar-refractivity contribution in [2.24, 2.45) is 0 Å². The summed E-state index contributed by atoms with van der Waals surface area (Å²) in [4.78, 5) is 39.2. The second-order valence-electron chi connectivity index (χ2n) is 9.77. The Morgan fingerprint density at radius 2 is 1.70 bits per heavy atom. The number of carbonyl (C=O) groups is 3. The maximum atomic E-state index is 13.2. The van der Waals surface area contributed by atoms with Crippen LogP contribution in [0.25, 0.3) is 5.69 Å². The maximum Gasteiger partial charge on any atom is 0.325 e. The molecule has 0 saturated heterocycles. The molecular formula is C28H35N5O4. The van der Waals surface area contributed by atoms with Gasteiger partial charge in [-0.25, -0.2) is 9.48 Å². The molecule has 3 rings (SSSR count). The van der Waals surface area contributed by atoms with E-state index in [9.17, 15) is 14.4 Å². The first-order chi connectivity index (χ1) is 17.6. The fourth-order valence-electron chi connectivity index (χ4n) is 3.55. The van der Waals surface area contributed by atoms with Gasteiger partial charge in [0.25, 0.3) is 0 Å². The molecule has 9 heteroatoms. The van der Waals surface area contributed by atoms with Crippen molar-refractivity contribution in [2.75, 3.05) is 25.0 Å². The Morgan fingerprint density at radius 3 is 2.32 bits per heavy atom. The molecule has 37 heavy (non-hydrogen) atoms. The Hall–Kier alpha value is -4.14. The van der Waals surface area contributed by atoms with Crippen molar-refractivity contribution < 1.29 is 19.1 Å². The SMILES string of the molecule is CCOC(=O)CNC(=O)N(CC(=O)Nc1cc(C(C)(C)C)nn1-c1ccc(C)cc1)Cc1ccccc1. The average Bonchev–Trinajstić information content (AvgIpc) is 3.27. The van der Waals surface area contributed by atoms with Gasteiger partial charge in [0, 0.05) is 18.0 Å². The van der Waals surface area contributed by atoms with E-state index in [1.807, 2.05) is 67.6 Å². The molecule has 0 unspecified atom stereocenters. The lowest BCUT2D eigenvalue weighted by atomic mass is 9.92. The summed E-state index contributed by atoms with van der Waals surface area (Å²) in [7, 11) is 0. The number of nitrogens with one attached hydrogen (secondary N) is 2. The standard InChI is InChI=1S/C28H35N5O4/c1-6-37-26(35)17-29-27(36)32(18-21-10-8-7-9-11-21)19-25(34)30-24-16-23(28(3,4)5)31-33(24)22-14-12-20(2)13-15-22/h7-16H,6,17-19H2,1-5H3,(H,29,36)(H,30,34). The number of aromatic nitrogens is 2. The second kappa shape index (κ2) is 12.2. The predicted octanol–water partition coefficient (Wildman–Crippen LogP) is 4.19. The van der Waals surface area contributed by atoms with E-state index >= 15 is 0 Å². The quantitative estimate of drug-likeness (QED) is 0.424. The van der Waals surface area contributed by atoms with Crippen LogP contribution in [0.4, 0.5) is 10.6 Å². The van der Waals surface area contributed by atoms with E-state index in [2.05, 4.69) is 31.4 Å². The summed E-state index contributed by atoms with van der Waals surface area (Å²) in [5.41, 5.74) is 3.35. The number of carbonyl (C=O) groups excluding carboxylic acids is 3. The minimum atomic E-state index is -0.547. The van der Waals surface area contributed by atoms with Gasteiger partial charge >= 0.3 is 12.0 Å². The van der Waals surface area contributed by atoms with Gasteiger partial charge in [-0.15, -0.1) is 0 Å². The molecule has 0 aliphatic heterocycles. The number of nitrogens with zero attached hydrogens (tertiary/aromatic N) is 3. The molecule has 196 valence electrons. The van der Waals surface area contributed by atoms with Gasteiger partial charge < -0.3 is 20.3 Å². The monoisotopic (exact) mass is 505 g/mol. The zero-order chi connectivity index (χ0) is 27.0. The summed E-state index contributed by atoms with van der Waals surface area (Å²) < 4.78 is 6.58. The van der Waals surface area contributed by atoms with Crippen molar-refractivity contribution in [2.45, 2.75) is 46.6 Å². The number of urea groups is 1. The molecule has 0 fully saturated rings. The molecule has 1 aromatic heterocycles. The van der Waals surface area contributed by atoms with Crippen molar-refractivity contribution in [3.8, 4) is 5.69 Å². The van der Waals surface area contributed by atoms with E-state index in [-0.39, 0.29) is 31.7 Å². The molecule has 2 aromatic carbocycles. The number of esters is 1. The summed E-state index contributed by atoms with van der Waals surface area (Å²) >= 11 is 0. The third-order valence-corrected chi connectivity index (χ3v) is 5.55. The fourth-order valence-corrected chi connectivity index (χ4v) is 3.55. The number of benzene rings is 2. The van der Waals surface area contributed by atoms with E-state index in [0.29, 0.717) is 5.82 Å². The first kappa shape index (κ1) is 27.4. The van der Waals surface area contributed by atoms with Crippen LogP contribution in [0.15, 0.2) is 60.7 Å². The number of aryl methyl sites for hydroxylation is 1. The van der Waals surface area contributed by atoms with Gasteiger partial charge in [0.05, 0.1) is 18.0 Å². The molecule has 0 aliphatic rings. The molecule has 3 amide bonds. The molecule has 9 nitrogen and oxygen atoms in total. The van der Waals surface area contributed by atoms with Crippen molar-refractivity contribution in [3.63, 3.8) is 0 Å². The van der Waals surface area contributed by atoms with Crippen LogP contribution in [-0.2, 0) is 26.3 Å². The molecule has 3 aromatic rings. The van der Waals surface area contributed by atoms with Crippen molar-refractivity contribution >= 4 is 23.7 Å². The molecule has 2 N–H and O–H groups in total. The van der Waals surface area contributed by atoms with E-state index in [1.165, 1.54) is 4.90 Å². The first-order valence-corrected chi connectivity index (χ1v) is 12.3. The minimum Gasteiger partial charge on any atom is -0.465 e. The van der Waals surface area contributed by atoms with Crippen molar-refractivity contribution in [3.05, 3.63) is 77.5 Å². The van der Waals surface area contributed by atoms with Gasteiger partial charge in [0.1, 0.15) is 18.9 Å². The molecule has 1 heterocycles. The second-order valence-corrected chi connectivity index (χ2v) is 9.77. The van der Waals surface area contributed by atoms with Gasteiger partial charge in [-0.1, -0.05) is 68.8 Å². The van der Waals surface area contributed by atoms with Crippen LogP contribution in [0.5, 0.6) is 0 Å². The number of rotatable bonds is 9. The minimum absolute atomic E-state index is 0.188. The van der Waals surface area contributed by atoms with Gasteiger partial charge in [-0.05, 0) is 31.5 Å². The smallest absolute Gasteiger partial charge is 0.325 e. The number of ether oxygens (including phenoxy) is 1. The Kier molecular flexibility index (Phi) is 9.05. The fraction of sp³-hybridized carbons (Fsp3) is 0.357. The molecular weight excluding hydrogens is 470 g/mol. The molecule has 0 atom stereocenters. The zero-order valence-corrected chi connectivity index (χ0v) is 22.1. The molecule has 0 radical (unpaired) electrons. The van der Waals surface area contributed by atoms with Crippen LogP contribution in [-0.4, -0.2) is 52.3 Å². The highest BCUT2D eigenvalue weighted by Gasteiger charge is 2.23. The third kappa shape index (κ3) is 7.93. The third-order valence-electron chi connectivity index (χ3n) is 5.55. The number of anilines is 1. The van der Waals surface area contributed by atoms with Gasteiger partial charge in [-0.3, -0.25) is 9.59 Å². The normalized spacial score (nSPS) is 11.1. The van der Waals surface area contributed by atoms with E-state index in [1.54, 1.807) is 11.6 Å². The summed E-state index contributed by atoms with van der Waals surface area (Å²) in [5.74, 6) is -0.432. The number of amides is 3. The van der Waals surface area contributed by atoms with E-state index in [0.717, 1.165) is 22.5 Å². The van der Waals surface area contributed by atoms with Crippen LogP contribution >= 0.6 is 0 Å². The molecule has 0 saturated carbocycles. The number of hydrogen-bond donors (Lipinski definition) is 2. The van der Waals surface area contributed by atoms with Crippen LogP contribution in [0.1, 0.15) is 44.5 Å². The lowest BCUT2D eigenvalue weighted by molar-refractivity contribution is -0.141. The highest BCUT2D eigenvalue weighted by Crippen LogP contribution is 2.26. The van der Waals surface area contributed by atoms with Gasteiger partial charge in [0.2, 0.25) is 5.91 Å². The summed E-state index contributed by atoms with van der Waals surface area (Å²) in [6.07, 6.45) is 0.